The first kappa shape index (κ1) is 10.5. The number of para-hydroxylation sites is 1. The molecule has 1 saturated heterocycles. The van der Waals surface area contributed by atoms with E-state index in [2.05, 4.69) is 15.9 Å². The van der Waals surface area contributed by atoms with Crippen LogP contribution in [0.5, 0.6) is 0 Å². The molecule has 0 unspecified atom stereocenters. The quantitative estimate of drug-likeness (QED) is 0.774. The van der Waals surface area contributed by atoms with Gasteiger partial charge < -0.3 is 4.90 Å². The van der Waals surface area contributed by atoms with Crippen LogP contribution in [0.15, 0.2) is 22.7 Å². The highest BCUT2D eigenvalue weighted by molar-refractivity contribution is 9.10. The second kappa shape index (κ2) is 3.56. The zero-order valence-electron chi connectivity index (χ0n) is 7.71. The molecule has 0 atom stereocenters. The Morgan fingerprint density at radius 2 is 2.07 bits per heavy atom. The van der Waals surface area contributed by atoms with Crippen molar-refractivity contribution in [1.29, 1.82) is 0 Å². The van der Waals surface area contributed by atoms with Crippen LogP contribution < -0.4 is 4.90 Å². The zero-order valence-corrected chi connectivity index (χ0v) is 9.30. The number of hydrogen-bond donors (Lipinski definition) is 0. The Morgan fingerprint density at radius 1 is 1.40 bits per heavy atom. The van der Waals surface area contributed by atoms with Crippen LogP contribution >= 0.6 is 15.9 Å². The lowest BCUT2D eigenvalue weighted by molar-refractivity contribution is -0.0263. The highest BCUT2D eigenvalue weighted by atomic mass is 79.9. The van der Waals surface area contributed by atoms with Crippen molar-refractivity contribution in [3.63, 3.8) is 0 Å². The molecule has 0 bridgehead atoms. The van der Waals surface area contributed by atoms with Gasteiger partial charge in [-0.15, -0.1) is 0 Å². The first-order valence-electron chi connectivity index (χ1n) is 4.40. The van der Waals surface area contributed by atoms with Gasteiger partial charge in [0.2, 0.25) is 0 Å². The molecule has 80 valence electrons. The summed E-state index contributed by atoms with van der Waals surface area (Å²) in [5.41, 5.74) is 0.985. The van der Waals surface area contributed by atoms with E-state index in [1.54, 1.807) is 18.2 Å². The van der Waals surface area contributed by atoms with E-state index in [0.717, 1.165) is 0 Å². The largest absolute Gasteiger partial charge is 0.358 e. The lowest BCUT2D eigenvalue weighted by Crippen LogP contribution is -2.56. The molecule has 0 N–H and O–H groups in total. The van der Waals surface area contributed by atoms with Gasteiger partial charge in [-0.25, -0.2) is 8.78 Å². The molecule has 1 aromatic carbocycles. The van der Waals surface area contributed by atoms with Crippen LogP contribution in [0.25, 0.3) is 0 Å². The summed E-state index contributed by atoms with van der Waals surface area (Å²) in [4.78, 5) is 12.2. The number of nitrogens with zero attached hydrogens (tertiary/aromatic N) is 1. The van der Waals surface area contributed by atoms with Gasteiger partial charge in [0.25, 0.3) is 5.92 Å². The summed E-state index contributed by atoms with van der Waals surface area (Å²) < 4.78 is 26.1. The fourth-order valence-corrected chi connectivity index (χ4v) is 2.26. The molecule has 0 amide bonds. The maximum Gasteiger partial charge on any atom is 0.282 e. The van der Waals surface area contributed by atoms with Crippen molar-refractivity contribution in [2.75, 3.05) is 18.0 Å². The third-order valence-corrected chi connectivity index (χ3v) is 2.95. The van der Waals surface area contributed by atoms with Crippen LogP contribution in [0.1, 0.15) is 10.4 Å². The number of rotatable bonds is 2. The Hall–Kier alpha value is -0.970. The van der Waals surface area contributed by atoms with E-state index in [1.165, 1.54) is 4.90 Å². The SMILES string of the molecule is O=Cc1cccc(Br)c1N1CC(F)(F)C1. The van der Waals surface area contributed by atoms with Crippen molar-refractivity contribution in [1.82, 2.24) is 0 Å². The first-order valence-corrected chi connectivity index (χ1v) is 5.19. The Balaban J connectivity index is 2.32. The summed E-state index contributed by atoms with van der Waals surface area (Å²) in [5.74, 6) is -2.63. The molecule has 0 aromatic heterocycles. The van der Waals surface area contributed by atoms with E-state index in [9.17, 15) is 13.6 Å². The summed E-state index contributed by atoms with van der Waals surface area (Å²) in [6.45, 7) is -0.646. The highest BCUT2D eigenvalue weighted by Gasteiger charge is 2.45. The topological polar surface area (TPSA) is 20.3 Å². The molecule has 5 heteroatoms. The second-order valence-electron chi connectivity index (χ2n) is 3.51. The fraction of sp³-hybridized carbons (Fsp3) is 0.300. The predicted molar refractivity (Wildman–Crippen MR) is 56.7 cm³/mol. The van der Waals surface area contributed by atoms with E-state index in [-0.39, 0.29) is 13.1 Å². The fourth-order valence-electron chi connectivity index (χ4n) is 1.63. The lowest BCUT2D eigenvalue weighted by atomic mass is 10.1. The summed E-state index contributed by atoms with van der Waals surface area (Å²) in [6, 6.07) is 5.05. The van der Waals surface area contributed by atoms with Crippen molar-refractivity contribution >= 4 is 27.9 Å². The molecule has 0 spiro atoms. The van der Waals surface area contributed by atoms with Gasteiger partial charge in [0.05, 0.1) is 18.8 Å². The molecule has 2 nitrogen and oxygen atoms in total. The summed E-state index contributed by atoms with van der Waals surface area (Å²) in [6.07, 6.45) is 0.677. The van der Waals surface area contributed by atoms with Gasteiger partial charge in [-0.3, -0.25) is 4.79 Å². The van der Waals surface area contributed by atoms with Crippen LogP contribution in [-0.4, -0.2) is 25.3 Å². The second-order valence-corrected chi connectivity index (χ2v) is 4.36. The molecule has 15 heavy (non-hydrogen) atoms. The molecule has 0 aliphatic carbocycles. The Bertz CT molecular complexity index is 400. The van der Waals surface area contributed by atoms with E-state index < -0.39 is 5.92 Å². The van der Waals surface area contributed by atoms with Gasteiger partial charge >= 0.3 is 0 Å². The number of benzene rings is 1. The molecule has 0 saturated carbocycles. The van der Waals surface area contributed by atoms with Gasteiger partial charge in [-0.1, -0.05) is 6.07 Å². The van der Waals surface area contributed by atoms with Crippen LogP contribution in [0.4, 0.5) is 14.5 Å². The number of alkyl halides is 2. The number of hydrogen-bond acceptors (Lipinski definition) is 2. The van der Waals surface area contributed by atoms with E-state index in [0.29, 0.717) is 22.0 Å². The van der Waals surface area contributed by atoms with Gasteiger partial charge in [0, 0.05) is 10.0 Å². The maximum absolute atomic E-state index is 12.7. The van der Waals surface area contributed by atoms with E-state index >= 15 is 0 Å². The summed E-state index contributed by atoms with van der Waals surface area (Å²) in [7, 11) is 0. The maximum atomic E-state index is 12.7. The molecular weight excluding hydrogens is 268 g/mol. The van der Waals surface area contributed by atoms with Crippen molar-refractivity contribution in [2.24, 2.45) is 0 Å². The minimum atomic E-state index is -2.63. The van der Waals surface area contributed by atoms with Gasteiger partial charge in [-0.05, 0) is 28.1 Å². The van der Waals surface area contributed by atoms with Crippen molar-refractivity contribution in [2.45, 2.75) is 5.92 Å². The minimum absolute atomic E-state index is 0.323. The number of aldehydes is 1. The minimum Gasteiger partial charge on any atom is -0.358 e. The van der Waals surface area contributed by atoms with Crippen LogP contribution in [0.2, 0.25) is 0 Å². The number of anilines is 1. The van der Waals surface area contributed by atoms with E-state index in [4.69, 9.17) is 0 Å². The summed E-state index contributed by atoms with van der Waals surface area (Å²) >= 11 is 3.26. The average Bonchev–Trinajstić information content (AvgIpc) is 2.13. The molecule has 1 aromatic rings. The summed E-state index contributed by atoms with van der Waals surface area (Å²) in [5, 5.41) is 0. The lowest BCUT2D eigenvalue weighted by Gasteiger charge is -2.41. The molecule has 1 aliphatic heterocycles. The molecule has 1 heterocycles. The predicted octanol–water partition coefficient (Wildman–Crippen LogP) is 2.72. The Kier molecular flexibility index (Phi) is 2.50. The smallest absolute Gasteiger partial charge is 0.282 e. The van der Waals surface area contributed by atoms with Crippen LogP contribution in [-0.2, 0) is 0 Å². The Labute approximate surface area is 94.0 Å². The highest BCUT2D eigenvalue weighted by Crippen LogP contribution is 2.37. The number of halogens is 3. The standard InChI is InChI=1S/C10H8BrF2NO/c11-8-3-1-2-7(4-15)9(8)14-5-10(12,13)6-14/h1-4H,5-6H2. The average molecular weight is 276 g/mol. The molecule has 2 rings (SSSR count). The number of carbonyl (C=O) groups is 1. The van der Waals surface area contributed by atoms with Crippen LogP contribution in [0.3, 0.4) is 0 Å². The Morgan fingerprint density at radius 3 is 2.60 bits per heavy atom. The third-order valence-electron chi connectivity index (χ3n) is 2.31. The van der Waals surface area contributed by atoms with Crippen molar-refractivity contribution in [3.8, 4) is 0 Å². The molecular formula is C10H8BrF2NO. The van der Waals surface area contributed by atoms with Gasteiger partial charge in [0.15, 0.2) is 6.29 Å². The monoisotopic (exact) mass is 275 g/mol. The van der Waals surface area contributed by atoms with Crippen molar-refractivity contribution < 1.29 is 13.6 Å². The third kappa shape index (κ3) is 1.88. The van der Waals surface area contributed by atoms with E-state index in [1.807, 2.05) is 0 Å². The van der Waals surface area contributed by atoms with Gasteiger partial charge in [0.1, 0.15) is 0 Å². The van der Waals surface area contributed by atoms with Crippen molar-refractivity contribution in [3.05, 3.63) is 28.2 Å². The van der Waals surface area contributed by atoms with Gasteiger partial charge in [-0.2, -0.15) is 0 Å². The normalized spacial score (nSPS) is 18.5. The zero-order chi connectivity index (χ0) is 11.1. The molecule has 1 fully saturated rings. The first-order chi connectivity index (χ1) is 7.03. The van der Waals surface area contributed by atoms with Crippen LogP contribution in [0, 0.1) is 0 Å². The molecule has 1 aliphatic rings. The molecule has 0 radical (unpaired) electrons. The number of carbonyl (C=O) groups excluding carboxylic acids is 1.